The summed E-state index contributed by atoms with van der Waals surface area (Å²) in [5.74, 6) is 0. The third-order valence-electron chi connectivity index (χ3n) is 2.31. The van der Waals surface area contributed by atoms with E-state index in [9.17, 15) is 0 Å². The molecule has 0 saturated heterocycles. The van der Waals surface area contributed by atoms with Crippen LogP contribution in [0, 0.1) is 0 Å². The smallest absolute Gasteiger partial charge is 0.130 e. The zero-order valence-electron chi connectivity index (χ0n) is 6.76. The van der Waals surface area contributed by atoms with E-state index in [0.717, 1.165) is 0 Å². The minimum atomic E-state index is 1.30. The fourth-order valence-corrected chi connectivity index (χ4v) is 2.14. The summed E-state index contributed by atoms with van der Waals surface area (Å²) in [6, 6.07) is 6.86. The molecule has 1 aliphatic heterocycles. The van der Waals surface area contributed by atoms with Crippen LogP contribution in [0.5, 0.6) is 0 Å². The van der Waals surface area contributed by atoms with Gasteiger partial charge in [-0.25, -0.2) is 0 Å². The molecule has 0 aliphatic carbocycles. The molecule has 11 heavy (non-hydrogen) atoms. The van der Waals surface area contributed by atoms with E-state index >= 15 is 0 Å². The molecule has 0 N–H and O–H groups in total. The third-order valence-corrected chi connectivity index (χ3v) is 3.03. The summed E-state index contributed by atoms with van der Waals surface area (Å²) in [6.07, 6.45) is 4.79. The first-order valence-corrected chi connectivity index (χ1v) is 5.28. The first-order valence-electron chi connectivity index (χ1n) is 4.06. The van der Waals surface area contributed by atoms with Crippen LogP contribution in [0.4, 0.5) is 0 Å². The number of hydrogen-bond acceptors (Lipinski definition) is 1. The Morgan fingerprint density at radius 2 is 2.36 bits per heavy atom. The fourth-order valence-electron chi connectivity index (χ4n) is 1.68. The minimum absolute atomic E-state index is 1.30. The number of aryl methyl sites for hydroxylation is 1. The highest BCUT2D eigenvalue weighted by molar-refractivity contribution is 7.98. The normalized spacial score (nSPS) is 14.3. The van der Waals surface area contributed by atoms with Crippen LogP contribution in [-0.2, 0) is 6.42 Å². The molecule has 0 bridgehead atoms. The van der Waals surface area contributed by atoms with E-state index in [0.29, 0.717) is 0 Å². The Morgan fingerprint density at radius 1 is 1.45 bits per heavy atom. The van der Waals surface area contributed by atoms with E-state index in [2.05, 4.69) is 24.5 Å². The van der Waals surface area contributed by atoms with Crippen molar-refractivity contribution in [2.24, 2.45) is 0 Å². The van der Waals surface area contributed by atoms with Gasteiger partial charge in [-0.2, -0.15) is 0 Å². The van der Waals surface area contributed by atoms with Crippen molar-refractivity contribution in [2.75, 3.05) is 6.26 Å². The van der Waals surface area contributed by atoms with Crippen LogP contribution in [0.1, 0.15) is 5.56 Å². The summed E-state index contributed by atoms with van der Waals surface area (Å²) in [7, 11) is 1.30. The van der Waals surface area contributed by atoms with Crippen molar-refractivity contribution < 1.29 is 0 Å². The van der Waals surface area contributed by atoms with E-state index in [1.165, 1.54) is 24.9 Å². The number of fused-ring (bicyclic) bond motifs is 1. The molecule has 0 amide bonds. The van der Waals surface area contributed by atoms with Crippen molar-refractivity contribution in [2.45, 2.75) is 17.6 Å². The van der Waals surface area contributed by atoms with Crippen molar-refractivity contribution in [3.63, 3.8) is 0 Å². The maximum Gasteiger partial charge on any atom is 0.158 e. The Bertz CT molecular complexity index is 270. The average molecular weight is 162 g/mol. The van der Waals surface area contributed by atoms with Gasteiger partial charge >= 0.3 is 0 Å². The fraction of sp³-hybridized carbons (Fsp3) is 0.333. The highest BCUT2D eigenvalue weighted by atomic mass is 32.2. The quantitative estimate of drug-likeness (QED) is 0.444. The standard InChI is InChI=1S/C9H11BS/c1-11-8-2-3-9-7(6-8)4-5-10-9/h2-3,6,10H,4-5H2,1H3. The van der Waals surface area contributed by atoms with Crippen LogP contribution in [-0.4, -0.2) is 13.5 Å². The Morgan fingerprint density at radius 3 is 3.18 bits per heavy atom. The molecule has 0 spiro atoms. The molecule has 1 aromatic carbocycles. The summed E-state index contributed by atoms with van der Waals surface area (Å²) in [5, 5.41) is 0. The van der Waals surface area contributed by atoms with Gasteiger partial charge in [0.1, 0.15) is 0 Å². The second-order valence-electron chi connectivity index (χ2n) is 2.99. The lowest BCUT2D eigenvalue weighted by atomic mass is 9.72. The molecule has 0 fully saturated rings. The van der Waals surface area contributed by atoms with Crippen molar-refractivity contribution >= 4 is 24.5 Å². The Kier molecular flexibility index (Phi) is 1.95. The number of hydrogen-bond donors (Lipinski definition) is 0. The van der Waals surface area contributed by atoms with E-state index in [1.807, 2.05) is 11.8 Å². The van der Waals surface area contributed by atoms with Crippen molar-refractivity contribution in [3.05, 3.63) is 23.8 Å². The van der Waals surface area contributed by atoms with Crippen LogP contribution in [0.3, 0.4) is 0 Å². The van der Waals surface area contributed by atoms with E-state index in [1.54, 1.807) is 11.0 Å². The Hall–Kier alpha value is -0.365. The monoisotopic (exact) mass is 162 g/mol. The Balaban J connectivity index is 2.41. The summed E-state index contributed by atoms with van der Waals surface area (Å²) in [5.41, 5.74) is 3.15. The molecule has 2 rings (SSSR count). The number of rotatable bonds is 1. The van der Waals surface area contributed by atoms with Crippen LogP contribution < -0.4 is 5.46 Å². The van der Waals surface area contributed by atoms with E-state index < -0.39 is 0 Å². The lowest BCUT2D eigenvalue weighted by Crippen LogP contribution is -2.09. The van der Waals surface area contributed by atoms with Crippen LogP contribution in [0.15, 0.2) is 23.1 Å². The van der Waals surface area contributed by atoms with Gasteiger partial charge in [-0.3, -0.25) is 0 Å². The van der Waals surface area contributed by atoms with Crippen LogP contribution >= 0.6 is 11.8 Å². The molecule has 56 valence electrons. The maximum absolute atomic E-state index is 2.34. The highest BCUT2D eigenvalue weighted by Crippen LogP contribution is 2.18. The number of benzene rings is 1. The molecule has 0 atom stereocenters. The maximum atomic E-state index is 2.34. The molecule has 0 saturated carbocycles. The summed E-state index contributed by atoms with van der Waals surface area (Å²) in [6.45, 7) is 0. The lowest BCUT2D eigenvalue weighted by molar-refractivity contribution is 1.16. The molecule has 2 heteroatoms. The first kappa shape index (κ1) is 7.29. The lowest BCUT2D eigenvalue weighted by Gasteiger charge is -2.00. The van der Waals surface area contributed by atoms with Gasteiger partial charge in [0.05, 0.1) is 0 Å². The Labute approximate surface area is 72.6 Å². The molecule has 1 heterocycles. The zero-order chi connectivity index (χ0) is 7.68. The predicted molar refractivity (Wildman–Crippen MR) is 53.5 cm³/mol. The minimum Gasteiger partial charge on any atom is -0.130 e. The van der Waals surface area contributed by atoms with Crippen molar-refractivity contribution in [3.8, 4) is 0 Å². The first-order chi connectivity index (χ1) is 5.40. The van der Waals surface area contributed by atoms with E-state index in [4.69, 9.17) is 0 Å². The number of thioether (sulfide) groups is 1. The van der Waals surface area contributed by atoms with Crippen LogP contribution in [0.25, 0.3) is 0 Å². The van der Waals surface area contributed by atoms with Gasteiger partial charge in [0.15, 0.2) is 7.28 Å². The second-order valence-corrected chi connectivity index (χ2v) is 3.87. The molecular formula is C9H11BS. The van der Waals surface area contributed by atoms with E-state index in [-0.39, 0.29) is 0 Å². The van der Waals surface area contributed by atoms with Gasteiger partial charge in [0.2, 0.25) is 0 Å². The summed E-state index contributed by atoms with van der Waals surface area (Å²) >= 11 is 1.83. The highest BCUT2D eigenvalue weighted by Gasteiger charge is 2.11. The topological polar surface area (TPSA) is 0 Å². The van der Waals surface area contributed by atoms with Crippen LogP contribution in [0.2, 0.25) is 6.32 Å². The molecule has 1 aliphatic rings. The van der Waals surface area contributed by atoms with Gasteiger partial charge in [-0.1, -0.05) is 23.4 Å². The summed E-state index contributed by atoms with van der Waals surface area (Å²) in [4.78, 5) is 1.41. The molecule has 0 unspecified atom stereocenters. The van der Waals surface area contributed by atoms with Gasteiger partial charge in [0.25, 0.3) is 0 Å². The van der Waals surface area contributed by atoms with Gasteiger partial charge in [-0.15, -0.1) is 11.8 Å². The molecule has 0 nitrogen and oxygen atoms in total. The van der Waals surface area contributed by atoms with Gasteiger partial charge in [-0.05, 0) is 24.8 Å². The van der Waals surface area contributed by atoms with Crippen molar-refractivity contribution in [1.29, 1.82) is 0 Å². The summed E-state index contributed by atoms with van der Waals surface area (Å²) < 4.78 is 0. The molecule has 0 radical (unpaired) electrons. The molecule has 1 aromatic rings. The van der Waals surface area contributed by atoms with Gasteiger partial charge < -0.3 is 0 Å². The predicted octanol–water partition coefficient (Wildman–Crippen LogP) is 1.44. The SMILES string of the molecule is CSc1ccc2c(c1)CCB2. The molecule has 0 aromatic heterocycles. The average Bonchev–Trinajstić information content (AvgIpc) is 2.50. The largest absolute Gasteiger partial charge is 0.158 e. The molecular weight excluding hydrogens is 151 g/mol. The van der Waals surface area contributed by atoms with Gasteiger partial charge in [0, 0.05) is 4.90 Å². The third kappa shape index (κ3) is 1.32. The second kappa shape index (κ2) is 2.94. The zero-order valence-corrected chi connectivity index (χ0v) is 7.58. The van der Waals surface area contributed by atoms with Crippen molar-refractivity contribution in [1.82, 2.24) is 0 Å².